The monoisotopic (exact) mass is 410 g/mol. The van der Waals surface area contributed by atoms with Crippen LogP contribution in [0.4, 0.5) is 4.79 Å². The lowest BCUT2D eigenvalue weighted by molar-refractivity contribution is -0.129. The molecule has 30 heavy (non-hydrogen) atoms. The van der Waals surface area contributed by atoms with Crippen LogP contribution < -0.4 is 5.32 Å². The molecule has 3 N–H and O–H groups in total. The topological polar surface area (TPSA) is 154 Å². The summed E-state index contributed by atoms with van der Waals surface area (Å²) >= 11 is 0. The van der Waals surface area contributed by atoms with Gasteiger partial charge in [-0.2, -0.15) is 0 Å². The number of carboxylic acids is 2. The maximum absolute atomic E-state index is 12.4. The van der Waals surface area contributed by atoms with Crippen LogP contribution in [0.1, 0.15) is 26.5 Å². The minimum absolute atomic E-state index is 0.0639. The molecule has 1 aromatic heterocycles. The van der Waals surface area contributed by atoms with Crippen molar-refractivity contribution in [3.63, 3.8) is 0 Å². The number of hydrogen-bond donors (Lipinski definition) is 3. The van der Waals surface area contributed by atoms with E-state index in [1.165, 1.54) is 30.3 Å². The molecule has 10 heteroatoms. The van der Waals surface area contributed by atoms with Crippen LogP contribution in [0.5, 0.6) is 0 Å². The number of nitrogens with zero attached hydrogens (tertiary/aromatic N) is 1. The summed E-state index contributed by atoms with van der Waals surface area (Å²) in [6, 6.07) is 5.44. The molecule has 3 rings (SSSR count). The van der Waals surface area contributed by atoms with E-state index in [2.05, 4.69) is 6.58 Å². The second-order valence-corrected chi connectivity index (χ2v) is 6.13. The lowest BCUT2D eigenvalue weighted by atomic mass is 10.0. The fourth-order valence-corrected chi connectivity index (χ4v) is 2.73. The molecule has 1 aliphatic rings. The fraction of sp³-hybridized carbons (Fsp3) is 0.0500. The molecule has 0 unspecified atom stereocenters. The number of aromatic carboxylic acids is 2. The molecule has 2 heterocycles. The summed E-state index contributed by atoms with van der Waals surface area (Å²) in [5.41, 5.74) is -0.661. The summed E-state index contributed by atoms with van der Waals surface area (Å²) < 4.78 is 5.54. The number of carbonyl (C=O) groups is 5. The van der Waals surface area contributed by atoms with Crippen molar-refractivity contribution in [2.75, 3.05) is 6.54 Å². The first kappa shape index (κ1) is 20.3. The number of hydrogen-bond acceptors (Lipinski definition) is 6. The highest BCUT2D eigenvalue weighted by molar-refractivity contribution is 6.30. The van der Waals surface area contributed by atoms with Crippen LogP contribution in [0.3, 0.4) is 0 Å². The third-order valence-electron chi connectivity index (χ3n) is 4.12. The molecule has 0 bridgehead atoms. The minimum atomic E-state index is -1.32. The molecule has 0 atom stereocenters. The SMILES string of the molecule is C=CCN1C(=O)NC(=O)/C(=C\c2ccc(-c3cc(C(=O)O)cc(C(=O)O)c3)o2)C1=O. The Kier molecular flexibility index (Phi) is 5.32. The van der Waals surface area contributed by atoms with Gasteiger partial charge in [0.1, 0.15) is 17.1 Å². The Bertz CT molecular complexity index is 1110. The molecule has 0 spiro atoms. The highest BCUT2D eigenvalue weighted by atomic mass is 16.4. The number of benzene rings is 1. The van der Waals surface area contributed by atoms with Gasteiger partial charge in [-0.05, 0) is 36.4 Å². The molecular formula is C20H14N2O8. The average molecular weight is 410 g/mol. The van der Waals surface area contributed by atoms with E-state index in [-0.39, 0.29) is 40.3 Å². The Balaban J connectivity index is 1.99. The fourth-order valence-electron chi connectivity index (χ4n) is 2.73. The van der Waals surface area contributed by atoms with E-state index >= 15 is 0 Å². The van der Waals surface area contributed by atoms with Crippen LogP contribution in [0, 0.1) is 0 Å². The maximum atomic E-state index is 12.4. The summed E-state index contributed by atoms with van der Waals surface area (Å²) in [7, 11) is 0. The minimum Gasteiger partial charge on any atom is -0.478 e. The lowest BCUT2D eigenvalue weighted by Gasteiger charge is -2.24. The van der Waals surface area contributed by atoms with Crippen molar-refractivity contribution >= 4 is 35.9 Å². The number of amides is 4. The van der Waals surface area contributed by atoms with Gasteiger partial charge in [0.2, 0.25) is 0 Å². The third kappa shape index (κ3) is 3.87. The Labute approximate surface area is 168 Å². The number of furan rings is 1. The Morgan fingerprint density at radius 1 is 1.07 bits per heavy atom. The number of barbiturate groups is 1. The second-order valence-electron chi connectivity index (χ2n) is 6.13. The van der Waals surface area contributed by atoms with E-state index in [9.17, 15) is 34.2 Å². The van der Waals surface area contributed by atoms with Crippen LogP contribution in [-0.2, 0) is 9.59 Å². The standard InChI is InChI=1S/C20H14N2O8/c1-2-5-22-17(24)14(16(23)21-20(22)29)9-13-3-4-15(30-13)10-6-11(18(25)26)8-12(7-10)19(27)28/h2-4,6-9H,1,5H2,(H,25,26)(H,27,28)(H,21,23,29)/b14-9+. The summed E-state index contributed by atoms with van der Waals surface area (Å²) in [6.07, 6.45) is 2.45. The molecule has 2 aromatic rings. The van der Waals surface area contributed by atoms with Gasteiger partial charge in [0.15, 0.2) is 0 Å². The first-order valence-corrected chi connectivity index (χ1v) is 8.43. The van der Waals surface area contributed by atoms with Gasteiger partial charge >= 0.3 is 18.0 Å². The Morgan fingerprint density at radius 2 is 1.70 bits per heavy atom. The first-order valence-electron chi connectivity index (χ1n) is 8.43. The number of urea groups is 1. The average Bonchev–Trinajstić information content (AvgIpc) is 3.16. The van der Waals surface area contributed by atoms with Crippen molar-refractivity contribution in [3.05, 3.63) is 65.4 Å². The predicted molar refractivity (Wildman–Crippen MR) is 101 cm³/mol. The van der Waals surface area contributed by atoms with E-state index < -0.39 is 29.8 Å². The lowest BCUT2D eigenvalue weighted by Crippen LogP contribution is -2.54. The van der Waals surface area contributed by atoms with Crippen molar-refractivity contribution < 1.29 is 38.6 Å². The highest BCUT2D eigenvalue weighted by Crippen LogP contribution is 2.26. The summed E-state index contributed by atoms with van der Waals surface area (Å²) in [4.78, 5) is 59.5. The Morgan fingerprint density at radius 3 is 2.27 bits per heavy atom. The molecule has 4 amide bonds. The number of imide groups is 2. The quantitative estimate of drug-likeness (QED) is 0.371. The van der Waals surface area contributed by atoms with Crippen LogP contribution >= 0.6 is 0 Å². The number of nitrogens with one attached hydrogen (secondary N) is 1. The van der Waals surface area contributed by atoms with E-state index in [1.807, 2.05) is 5.32 Å². The van der Waals surface area contributed by atoms with Crippen LogP contribution in [0.25, 0.3) is 17.4 Å². The van der Waals surface area contributed by atoms with Gasteiger partial charge in [-0.25, -0.2) is 14.4 Å². The van der Waals surface area contributed by atoms with Gasteiger partial charge in [-0.15, -0.1) is 6.58 Å². The van der Waals surface area contributed by atoms with E-state index in [4.69, 9.17) is 4.42 Å². The summed E-state index contributed by atoms with van der Waals surface area (Å²) in [6.45, 7) is 3.35. The van der Waals surface area contributed by atoms with E-state index in [0.717, 1.165) is 17.0 Å². The summed E-state index contributed by atoms with van der Waals surface area (Å²) in [5.74, 6) is -4.18. The molecule has 1 saturated heterocycles. The predicted octanol–water partition coefficient (Wildman–Crippen LogP) is 1.99. The van der Waals surface area contributed by atoms with Crippen molar-refractivity contribution in [3.8, 4) is 11.3 Å². The summed E-state index contributed by atoms with van der Waals surface area (Å²) in [5, 5.41) is 20.4. The Hall–Kier alpha value is -4.47. The first-order chi connectivity index (χ1) is 14.2. The molecule has 0 aliphatic carbocycles. The zero-order valence-electron chi connectivity index (χ0n) is 15.2. The molecule has 152 valence electrons. The van der Waals surface area contributed by atoms with Crippen LogP contribution in [0.15, 0.2) is 53.0 Å². The molecule has 1 aromatic carbocycles. The van der Waals surface area contributed by atoms with E-state index in [1.54, 1.807) is 0 Å². The van der Waals surface area contributed by atoms with Crippen LogP contribution in [-0.4, -0.2) is 51.4 Å². The van der Waals surface area contributed by atoms with Gasteiger partial charge in [-0.3, -0.25) is 19.8 Å². The van der Waals surface area contributed by atoms with Gasteiger partial charge in [0, 0.05) is 12.1 Å². The van der Waals surface area contributed by atoms with Crippen molar-refractivity contribution in [2.45, 2.75) is 0 Å². The molecule has 10 nitrogen and oxygen atoms in total. The molecule has 1 fully saturated rings. The van der Waals surface area contributed by atoms with Crippen molar-refractivity contribution in [1.29, 1.82) is 0 Å². The van der Waals surface area contributed by atoms with Crippen molar-refractivity contribution in [1.82, 2.24) is 10.2 Å². The normalized spacial score (nSPS) is 15.3. The van der Waals surface area contributed by atoms with E-state index in [0.29, 0.717) is 0 Å². The maximum Gasteiger partial charge on any atom is 0.335 e. The molecule has 0 saturated carbocycles. The molecule has 0 radical (unpaired) electrons. The van der Waals surface area contributed by atoms with Gasteiger partial charge < -0.3 is 14.6 Å². The molecular weight excluding hydrogens is 396 g/mol. The van der Waals surface area contributed by atoms with Gasteiger partial charge in [0.05, 0.1) is 11.1 Å². The largest absolute Gasteiger partial charge is 0.478 e. The number of carbonyl (C=O) groups excluding carboxylic acids is 3. The van der Waals surface area contributed by atoms with Gasteiger partial charge in [-0.1, -0.05) is 6.08 Å². The van der Waals surface area contributed by atoms with Gasteiger partial charge in [0.25, 0.3) is 11.8 Å². The van der Waals surface area contributed by atoms with Crippen molar-refractivity contribution in [2.24, 2.45) is 0 Å². The van der Waals surface area contributed by atoms with Crippen LogP contribution in [0.2, 0.25) is 0 Å². The highest BCUT2D eigenvalue weighted by Gasteiger charge is 2.35. The zero-order valence-corrected chi connectivity index (χ0v) is 15.2. The number of carboxylic acid groups (broad SMARTS) is 2. The number of rotatable bonds is 6. The smallest absolute Gasteiger partial charge is 0.335 e. The third-order valence-corrected chi connectivity index (χ3v) is 4.12. The second kappa shape index (κ2) is 7.87. The zero-order chi connectivity index (χ0) is 22.0. The molecule has 1 aliphatic heterocycles.